The molecule has 102 valence electrons. The van der Waals surface area contributed by atoms with Crippen LogP contribution in [0.15, 0.2) is 17.5 Å². The summed E-state index contributed by atoms with van der Waals surface area (Å²) >= 11 is 1.67. The Bertz CT molecular complexity index is 538. The van der Waals surface area contributed by atoms with Gasteiger partial charge in [-0.1, -0.05) is 25.3 Å². The first-order chi connectivity index (χ1) is 9.16. The van der Waals surface area contributed by atoms with Gasteiger partial charge in [-0.25, -0.2) is 4.98 Å². The third kappa shape index (κ3) is 2.72. The van der Waals surface area contributed by atoms with Crippen molar-refractivity contribution in [3.05, 3.63) is 23.3 Å². The van der Waals surface area contributed by atoms with E-state index in [0.29, 0.717) is 0 Å². The molecule has 2 aromatic heterocycles. The van der Waals surface area contributed by atoms with Gasteiger partial charge in [-0.3, -0.25) is 4.68 Å². The molecule has 2 heterocycles. The zero-order valence-electron chi connectivity index (χ0n) is 11.3. The van der Waals surface area contributed by atoms with E-state index in [1.807, 2.05) is 17.8 Å². The molecule has 1 aliphatic rings. The van der Waals surface area contributed by atoms with Gasteiger partial charge in [0.25, 0.3) is 0 Å². The molecule has 3 rings (SSSR count). The van der Waals surface area contributed by atoms with E-state index in [0.717, 1.165) is 35.8 Å². The normalized spacial score (nSPS) is 18.6. The van der Waals surface area contributed by atoms with Gasteiger partial charge in [-0.15, -0.1) is 11.3 Å². The molecule has 0 radical (unpaired) electrons. The summed E-state index contributed by atoms with van der Waals surface area (Å²) in [6.45, 7) is 0. The summed E-state index contributed by atoms with van der Waals surface area (Å²) in [6.07, 6.45) is 6.85. The van der Waals surface area contributed by atoms with E-state index in [4.69, 9.17) is 5.73 Å². The lowest BCUT2D eigenvalue weighted by molar-refractivity contribution is 0.287. The highest BCUT2D eigenvalue weighted by Gasteiger charge is 2.29. The fourth-order valence-corrected chi connectivity index (χ4v) is 3.48. The first-order valence-corrected chi connectivity index (χ1v) is 7.77. The van der Waals surface area contributed by atoms with Gasteiger partial charge in [0.05, 0.1) is 4.88 Å². The Balaban J connectivity index is 1.81. The molecule has 5 heteroatoms. The quantitative estimate of drug-likeness (QED) is 0.937. The van der Waals surface area contributed by atoms with Gasteiger partial charge in [0, 0.05) is 19.0 Å². The summed E-state index contributed by atoms with van der Waals surface area (Å²) in [5, 5.41) is 6.56. The zero-order valence-corrected chi connectivity index (χ0v) is 12.1. The van der Waals surface area contributed by atoms with Gasteiger partial charge in [-0.2, -0.15) is 5.10 Å². The van der Waals surface area contributed by atoms with Crippen molar-refractivity contribution < 1.29 is 0 Å². The maximum Gasteiger partial charge on any atom is 0.191 e. The molecule has 2 N–H and O–H groups in total. The van der Waals surface area contributed by atoms with Crippen LogP contribution in [0.3, 0.4) is 0 Å². The highest BCUT2D eigenvalue weighted by molar-refractivity contribution is 7.13. The lowest BCUT2D eigenvalue weighted by Crippen LogP contribution is -2.44. The summed E-state index contributed by atoms with van der Waals surface area (Å²) in [7, 11) is 1.96. The van der Waals surface area contributed by atoms with E-state index in [9.17, 15) is 0 Å². The van der Waals surface area contributed by atoms with Gasteiger partial charge < -0.3 is 5.73 Å². The lowest BCUT2D eigenvalue weighted by Gasteiger charge is -2.32. The van der Waals surface area contributed by atoms with E-state index in [2.05, 4.69) is 21.5 Å². The van der Waals surface area contributed by atoms with E-state index in [-0.39, 0.29) is 5.54 Å². The molecule has 0 atom stereocenters. The van der Waals surface area contributed by atoms with Crippen LogP contribution in [0.4, 0.5) is 0 Å². The Labute approximate surface area is 117 Å². The summed E-state index contributed by atoms with van der Waals surface area (Å²) in [5.74, 6) is 1.83. The highest BCUT2D eigenvalue weighted by atomic mass is 32.1. The first kappa shape index (κ1) is 12.8. The molecule has 0 saturated heterocycles. The molecule has 0 unspecified atom stereocenters. The molecule has 1 fully saturated rings. The first-order valence-electron chi connectivity index (χ1n) is 6.89. The zero-order chi connectivity index (χ0) is 13.3. The van der Waals surface area contributed by atoms with Crippen LogP contribution in [0.2, 0.25) is 0 Å². The minimum Gasteiger partial charge on any atom is -0.325 e. The number of thiophene rings is 1. The molecule has 4 nitrogen and oxygen atoms in total. The number of nitrogens with two attached hydrogens (primary N) is 1. The molecule has 0 aliphatic heterocycles. The Morgan fingerprint density at radius 3 is 2.84 bits per heavy atom. The summed E-state index contributed by atoms with van der Waals surface area (Å²) in [5.41, 5.74) is 6.43. The van der Waals surface area contributed by atoms with Crippen molar-refractivity contribution in [2.45, 2.75) is 44.1 Å². The summed E-state index contributed by atoms with van der Waals surface area (Å²) in [6, 6.07) is 4.09. The largest absolute Gasteiger partial charge is 0.325 e. The van der Waals surface area contributed by atoms with Crippen molar-refractivity contribution in [2.75, 3.05) is 0 Å². The van der Waals surface area contributed by atoms with Gasteiger partial charge in [0.15, 0.2) is 5.82 Å². The van der Waals surface area contributed by atoms with Crippen LogP contribution in [0.5, 0.6) is 0 Å². The summed E-state index contributed by atoms with van der Waals surface area (Å²) < 4.78 is 1.89. The van der Waals surface area contributed by atoms with Crippen LogP contribution in [-0.2, 0) is 13.5 Å². The average Bonchev–Trinajstić information content (AvgIpc) is 3.00. The maximum absolute atomic E-state index is 6.51. The molecule has 0 amide bonds. The second-order valence-electron chi connectivity index (χ2n) is 5.55. The molecular weight excluding hydrogens is 256 g/mol. The van der Waals surface area contributed by atoms with Crippen molar-refractivity contribution in [1.29, 1.82) is 0 Å². The standard InChI is InChI=1S/C14H20N4S/c1-18-12(10-14(15)7-3-2-4-8-14)16-13(17-18)11-6-5-9-19-11/h5-6,9H,2-4,7-8,10,15H2,1H3. The van der Waals surface area contributed by atoms with Crippen LogP contribution in [-0.4, -0.2) is 20.3 Å². The molecule has 0 bridgehead atoms. The molecule has 2 aromatic rings. The van der Waals surface area contributed by atoms with Crippen LogP contribution >= 0.6 is 11.3 Å². The molecule has 1 saturated carbocycles. The second-order valence-corrected chi connectivity index (χ2v) is 6.50. The Hall–Kier alpha value is -1.20. The number of aryl methyl sites for hydroxylation is 1. The predicted octanol–water partition coefficient (Wildman–Crippen LogP) is 2.75. The molecule has 0 aromatic carbocycles. The van der Waals surface area contributed by atoms with Crippen LogP contribution in [0.1, 0.15) is 37.9 Å². The molecule has 0 spiro atoms. The van der Waals surface area contributed by atoms with Crippen molar-refractivity contribution in [2.24, 2.45) is 12.8 Å². The van der Waals surface area contributed by atoms with Gasteiger partial charge >= 0.3 is 0 Å². The Kier molecular flexibility index (Phi) is 3.41. The van der Waals surface area contributed by atoms with E-state index in [1.165, 1.54) is 19.3 Å². The van der Waals surface area contributed by atoms with Crippen molar-refractivity contribution in [1.82, 2.24) is 14.8 Å². The smallest absolute Gasteiger partial charge is 0.191 e. The predicted molar refractivity (Wildman–Crippen MR) is 78.0 cm³/mol. The lowest BCUT2D eigenvalue weighted by atomic mass is 9.80. The van der Waals surface area contributed by atoms with Crippen LogP contribution in [0, 0.1) is 0 Å². The molecule has 19 heavy (non-hydrogen) atoms. The minimum absolute atomic E-state index is 0.0776. The third-order valence-corrected chi connectivity index (χ3v) is 4.82. The number of nitrogens with zero attached hydrogens (tertiary/aromatic N) is 3. The van der Waals surface area contributed by atoms with E-state index in [1.54, 1.807) is 11.3 Å². The number of hydrogen-bond acceptors (Lipinski definition) is 4. The Morgan fingerprint density at radius 1 is 1.37 bits per heavy atom. The van der Waals surface area contributed by atoms with Gasteiger partial charge in [0.1, 0.15) is 5.82 Å². The fourth-order valence-electron chi connectivity index (χ4n) is 2.83. The topological polar surface area (TPSA) is 56.7 Å². The maximum atomic E-state index is 6.51. The second kappa shape index (κ2) is 5.06. The minimum atomic E-state index is -0.0776. The van der Waals surface area contributed by atoms with Gasteiger partial charge in [0.2, 0.25) is 0 Å². The van der Waals surface area contributed by atoms with Crippen molar-refractivity contribution >= 4 is 11.3 Å². The summed E-state index contributed by atoms with van der Waals surface area (Å²) in [4.78, 5) is 5.80. The fraction of sp³-hybridized carbons (Fsp3) is 0.571. The number of rotatable bonds is 3. The van der Waals surface area contributed by atoms with E-state index >= 15 is 0 Å². The number of aromatic nitrogens is 3. The van der Waals surface area contributed by atoms with Gasteiger partial charge in [-0.05, 0) is 24.3 Å². The van der Waals surface area contributed by atoms with Crippen molar-refractivity contribution in [3.8, 4) is 10.7 Å². The average molecular weight is 276 g/mol. The monoisotopic (exact) mass is 276 g/mol. The Morgan fingerprint density at radius 2 is 2.16 bits per heavy atom. The van der Waals surface area contributed by atoms with Crippen LogP contribution in [0.25, 0.3) is 10.7 Å². The highest BCUT2D eigenvalue weighted by Crippen LogP contribution is 2.29. The van der Waals surface area contributed by atoms with Crippen molar-refractivity contribution in [3.63, 3.8) is 0 Å². The molecular formula is C14H20N4S. The van der Waals surface area contributed by atoms with E-state index < -0.39 is 0 Å². The molecule has 1 aliphatic carbocycles. The third-order valence-electron chi connectivity index (χ3n) is 3.95. The van der Waals surface area contributed by atoms with Crippen LogP contribution < -0.4 is 5.73 Å². The number of hydrogen-bond donors (Lipinski definition) is 1. The SMILES string of the molecule is Cn1nc(-c2cccs2)nc1CC1(N)CCCCC1.